The third kappa shape index (κ3) is 6.12. The number of nitrogens with two attached hydrogens (primary N) is 1. The lowest BCUT2D eigenvalue weighted by atomic mass is 10.1. The minimum atomic E-state index is 0.136. The summed E-state index contributed by atoms with van der Waals surface area (Å²) in [4.78, 5) is 14.6. The molecule has 116 valence electrons. The van der Waals surface area contributed by atoms with Crippen LogP contribution in [0.4, 0.5) is 0 Å². The number of thiocarbonyl (C=S) groups is 1. The summed E-state index contributed by atoms with van der Waals surface area (Å²) >= 11 is 4.88. The predicted molar refractivity (Wildman–Crippen MR) is 89.6 cm³/mol. The number of hydrogen-bond donors (Lipinski definition) is 1. The van der Waals surface area contributed by atoms with Crippen LogP contribution in [-0.2, 0) is 11.2 Å². The largest absolute Gasteiger partial charge is 0.497 e. The summed E-state index contributed by atoms with van der Waals surface area (Å²) in [5.74, 6) is 0.961. The number of carbonyl (C=O) groups excluding carboxylic acids is 1. The molecule has 0 radical (unpaired) electrons. The van der Waals surface area contributed by atoms with E-state index in [1.165, 1.54) is 0 Å². The van der Waals surface area contributed by atoms with Crippen LogP contribution >= 0.6 is 12.2 Å². The zero-order chi connectivity index (χ0) is 15.8. The number of rotatable bonds is 8. The van der Waals surface area contributed by atoms with Crippen LogP contribution in [0.3, 0.4) is 0 Å². The average Bonchev–Trinajstić information content (AvgIpc) is 2.45. The van der Waals surface area contributed by atoms with Gasteiger partial charge in [0, 0.05) is 25.4 Å². The Hall–Kier alpha value is -1.62. The number of amides is 1. The summed E-state index contributed by atoms with van der Waals surface area (Å²) in [5.41, 5.74) is 6.64. The molecule has 0 aromatic heterocycles. The van der Waals surface area contributed by atoms with E-state index in [0.29, 0.717) is 24.4 Å². The molecule has 0 fully saturated rings. The summed E-state index contributed by atoms with van der Waals surface area (Å²) in [6, 6.07) is 7.95. The third-order valence-corrected chi connectivity index (χ3v) is 3.53. The van der Waals surface area contributed by atoms with Crippen LogP contribution in [0.25, 0.3) is 0 Å². The molecule has 4 nitrogen and oxygen atoms in total. The Morgan fingerprint density at radius 1 is 1.29 bits per heavy atom. The van der Waals surface area contributed by atoms with Crippen molar-refractivity contribution in [3.05, 3.63) is 29.8 Å². The number of benzene rings is 1. The van der Waals surface area contributed by atoms with Crippen LogP contribution in [0.5, 0.6) is 5.75 Å². The summed E-state index contributed by atoms with van der Waals surface area (Å²) in [6.45, 7) is 4.60. The van der Waals surface area contributed by atoms with Gasteiger partial charge in [0.05, 0.1) is 12.1 Å². The molecule has 0 aliphatic rings. The van der Waals surface area contributed by atoms with Crippen LogP contribution in [0, 0.1) is 0 Å². The monoisotopic (exact) mass is 308 g/mol. The van der Waals surface area contributed by atoms with Gasteiger partial charge in [-0.2, -0.15) is 0 Å². The Bertz CT molecular complexity index is 472. The van der Waals surface area contributed by atoms with Crippen molar-refractivity contribution < 1.29 is 9.53 Å². The highest BCUT2D eigenvalue weighted by Crippen LogP contribution is 2.13. The van der Waals surface area contributed by atoms with Crippen LogP contribution < -0.4 is 10.5 Å². The lowest BCUT2D eigenvalue weighted by Gasteiger charge is -2.26. The molecule has 1 aromatic carbocycles. The molecule has 0 spiro atoms. The SMILES string of the molecule is COc1ccc(CCC(=O)N(CCC(N)=S)C(C)C)cc1. The maximum absolute atomic E-state index is 12.3. The predicted octanol–water partition coefficient (Wildman–Crippen LogP) is 2.54. The number of carbonyl (C=O) groups is 1. The first kappa shape index (κ1) is 17.4. The van der Waals surface area contributed by atoms with Crippen LogP contribution in [0.1, 0.15) is 32.3 Å². The van der Waals surface area contributed by atoms with Gasteiger partial charge in [-0.25, -0.2) is 0 Å². The highest BCUT2D eigenvalue weighted by molar-refractivity contribution is 7.80. The van der Waals surface area contributed by atoms with Gasteiger partial charge in [-0.05, 0) is 38.0 Å². The molecule has 0 atom stereocenters. The topological polar surface area (TPSA) is 55.6 Å². The standard InChI is InChI=1S/C16H24N2O2S/c1-12(2)18(11-10-15(17)21)16(19)9-6-13-4-7-14(20-3)8-5-13/h4-5,7-8,12H,6,9-11H2,1-3H3,(H2,17,21). The summed E-state index contributed by atoms with van der Waals surface area (Å²) < 4.78 is 5.12. The molecule has 0 saturated carbocycles. The molecule has 21 heavy (non-hydrogen) atoms. The molecule has 0 unspecified atom stereocenters. The van der Waals surface area contributed by atoms with E-state index in [4.69, 9.17) is 22.7 Å². The molecule has 5 heteroatoms. The fourth-order valence-corrected chi connectivity index (χ4v) is 2.18. The smallest absolute Gasteiger partial charge is 0.223 e. The highest BCUT2D eigenvalue weighted by atomic mass is 32.1. The molecule has 1 amide bonds. The van der Waals surface area contributed by atoms with E-state index in [1.54, 1.807) is 7.11 Å². The van der Waals surface area contributed by atoms with Crippen molar-refractivity contribution in [3.63, 3.8) is 0 Å². The van der Waals surface area contributed by atoms with Crippen LogP contribution in [0.15, 0.2) is 24.3 Å². The number of nitrogens with zero attached hydrogens (tertiary/aromatic N) is 1. The molecule has 0 aliphatic carbocycles. The third-order valence-electron chi connectivity index (χ3n) is 3.33. The number of methoxy groups -OCH3 is 1. The van der Waals surface area contributed by atoms with E-state index in [0.717, 1.165) is 17.7 Å². The average molecular weight is 308 g/mol. The maximum Gasteiger partial charge on any atom is 0.223 e. The summed E-state index contributed by atoms with van der Waals surface area (Å²) in [7, 11) is 1.64. The van der Waals surface area contributed by atoms with E-state index >= 15 is 0 Å². The lowest BCUT2D eigenvalue weighted by molar-refractivity contribution is -0.132. The van der Waals surface area contributed by atoms with Gasteiger partial charge in [0.1, 0.15) is 5.75 Å². The molecule has 2 N–H and O–H groups in total. The molecule has 0 saturated heterocycles. The Balaban J connectivity index is 2.54. The fraction of sp³-hybridized carbons (Fsp3) is 0.500. The van der Waals surface area contributed by atoms with Gasteiger partial charge in [-0.1, -0.05) is 24.4 Å². The van der Waals surface area contributed by atoms with E-state index in [1.807, 2.05) is 43.0 Å². The fourth-order valence-electron chi connectivity index (χ4n) is 2.09. The second kappa shape index (κ2) is 8.62. The van der Waals surface area contributed by atoms with Gasteiger partial charge in [-0.15, -0.1) is 0 Å². The molecule has 0 heterocycles. The van der Waals surface area contributed by atoms with Gasteiger partial charge in [-0.3, -0.25) is 4.79 Å². The normalized spacial score (nSPS) is 10.5. The number of hydrogen-bond acceptors (Lipinski definition) is 3. The highest BCUT2D eigenvalue weighted by Gasteiger charge is 2.16. The quantitative estimate of drug-likeness (QED) is 0.750. The minimum absolute atomic E-state index is 0.136. The van der Waals surface area contributed by atoms with Gasteiger partial charge >= 0.3 is 0 Å². The first-order valence-corrected chi connectivity index (χ1v) is 7.55. The van der Waals surface area contributed by atoms with Gasteiger partial charge in [0.2, 0.25) is 5.91 Å². The maximum atomic E-state index is 12.3. The van der Waals surface area contributed by atoms with Crippen molar-refractivity contribution in [1.29, 1.82) is 0 Å². The Morgan fingerprint density at radius 2 is 1.90 bits per heavy atom. The zero-order valence-electron chi connectivity index (χ0n) is 13.0. The van der Waals surface area contributed by atoms with Gasteiger partial charge in [0.25, 0.3) is 0 Å². The van der Waals surface area contributed by atoms with E-state index in [-0.39, 0.29) is 11.9 Å². The van der Waals surface area contributed by atoms with Crippen molar-refractivity contribution in [2.24, 2.45) is 5.73 Å². The van der Waals surface area contributed by atoms with E-state index < -0.39 is 0 Å². The molecule has 1 rings (SSSR count). The molecular weight excluding hydrogens is 284 g/mol. The van der Waals surface area contributed by atoms with Gasteiger partial charge < -0.3 is 15.4 Å². The zero-order valence-corrected chi connectivity index (χ0v) is 13.8. The Labute approximate surface area is 132 Å². The van der Waals surface area contributed by atoms with Crippen molar-refractivity contribution in [2.45, 2.75) is 39.2 Å². The molecule has 0 bridgehead atoms. The van der Waals surface area contributed by atoms with Crippen LogP contribution in [-0.4, -0.2) is 35.5 Å². The molecular formula is C16H24N2O2S. The second-order valence-corrected chi connectivity index (χ2v) is 5.77. The second-order valence-electron chi connectivity index (χ2n) is 5.25. The molecule has 1 aromatic rings. The summed E-state index contributed by atoms with van der Waals surface area (Å²) in [5, 5.41) is 0. The van der Waals surface area contributed by atoms with Crippen molar-refractivity contribution in [1.82, 2.24) is 4.90 Å². The first-order chi connectivity index (χ1) is 9.93. The van der Waals surface area contributed by atoms with E-state index in [2.05, 4.69) is 0 Å². The van der Waals surface area contributed by atoms with Crippen molar-refractivity contribution >= 4 is 23.1 Å². The number of aryl methyl sites for hydroxylation is 1. The lowest BCUT2D eigenvalue weighted by Crippen LogP contribution is -2.39. The first-order valence-electron chi connectivity index (χ1n) is 7.14. The van der Waals surface area contributed by atoms with Gasteiger partial charge in [0.15, 0.2) is 0 Å². The Kier molecular flexibility index (Phi) is 7.15. The number of ether oxygens (including phenoxy) is 1. The Morgan fingerprint density at radius 3 is 2.38 bits per heavy atom. The molecule has 0 aliphatic heterocycles. The van der Waals surface area contributed by atoms with E-state index in [9.17, 15) is 4.79 Å². The van der Waals surface area contributed by atoms with Crippen LogP contribution in [0.2, 0.25) is 0 Å². The summed E-state index contributed by atoms with van der Waals surface area (Å²) in [6.07, 6.45) is 1.78. The van der Waals surface area contributed by atoms with Crippen molar-refractivity contribution in [2.75, 3.05) is 13.7 Å². The van der Waals surface area contributed by atoms with Crippen molar-refractivity contribution in [3.8, 4) is 5.75 Å². The minimum Gasteiger partial charge on any atom is -0.497 e.